The number of esters is 1. The Kier molecular flexibility index (Phi) is 8.85. The molecule has 0 aromatic heterocycles. The second kappa shape index (κ2) is 9.36. The maximum Gasteiger partial charge on any atom is 0.330 e. The molecule has 0 fully saturated rings. The van der Waals surface area contributed by atoms with Crippen LogP contribution < -0.4 is 0 Å². The minimum Gasteiger partial charge on any atom is -0.463 e. The number of allylic oxidation sites excluding steroid dienone is 1. The van der Waals surface area contributed by atoms with E-state index in [0.29, 0.717) is 19.4 Å². The Morgan fingerprint density at radius 2 is 2.06 bits per heavy atom. The number of carbonyl (C=O) groups excluding carboxylic acids is 1. The highest BCUT2D eigenvalue weighted by Crippen LogP contribution is 2.11. The van der Waals surface area contributed by atoms with E-state index in [0.717, 1.165) is 6.42 Å². The molecule has 0 rings (SSSR count). The largest absolute Gasteiger partial charge is 0.463 e. The van der Waals surface area contributed by atoms with Crippen LogP contribution in [0.2, 0.25) is 0 Å². The molecule has 2 N–H and O–H groups in total. The Labute approximate surface area is 96.9 Å². The van der Waals surface area contributed by atoms with Gasteiger partial charge in [0.15, 0.2) is 0 Å². The van der Waals surface area contributed by atoms with Crippen LogP contribution in [-0.2, 0) is 9.53 Å². The summed E-state index contributed by atoms with van der Waals surface area (Å²) in [6.45, 7) is 4.13. The molecule has 4 heteroatoms. The van der Waals surface area contributed by atoms with Crippen LogP contribution in [0.25, 0.3) is 0 Å². The van der Waals surface area contributed by atoms with Crippen molar-refractivity contribution in [3.63, 3.8) is 0 Å². The Bertz CT molecular complexity index is 213. The third-order valence-corrected chi connectivity index (χ3v) is 2.26. The van der Waals surface area contributed by atoms with Gasteiger partial charge in [0, 0.05) is 12.7 Å². The van der Waals surface area contributed by atoms with E-state index in [2.05, 4.69) is 0 Å². The molecular formula is C12H22O4. The van der Waals surface area contributed by atoms with Crippen molar-refractivity contribution in [3.05, 3.63) is 12.2 Å². The van der Waals surface area contributed by atoms with Crippen LogP contribution in [0.5, 0.6) is 0 Å². The Balaban J connectivity index is 3.72. The van der Waals surface area contributed by atoms with Gasteiger partial charge in [-0.05, 0) is 32.1 Å². The zero-order chi connectivity index (χ0) is 12.4. The average molecular weight is 230 g/mol. The lowest BCUT2D eigenvalue weighted by Crippen LogP contribution is -2.10. The summed E-state index contributed by atoms with van der Waals surface area (Å²) in [5.74, 6) is -0.108. The highest BCUT2D eigenvalue weighted by molar-refractivity contribution is 5.81. The predicted octanol–water partition coefficient (Wildman–Crippen LogP) is 1.27. The highest BCUT2D eigenvalue weighted by atomic mass is 16.5. The molecule has 0 aliphatic carbocycles. The number of carbonyl (C=O) groups is 1. The molecule has 4 nitrogen and oxygen atoms in total. The van der Waals surface area contributed by atoms with Crippen molar-refractivity contribution in [1.29, 1.82) is 0 Å². The molecule has 0 aromatic rings. The highest BCUT2D eigenvalue weighted by Gasteiger charge is 2.06. The van der Waals surface area contributed by atoms with Crippen molar-refractivity contribution in [2.45, 2.75) is 39.2 Å². The summed E-state index contributed by atoms with van der Waals surface area (Å²) >= 11 is 0. The molecule has 0 unspecified atom stereocenters. The standard InChI is InChI=1S/C12H22O4/c1-3-16-12(15)7-5-10(2)4-6-11(14)8-9-13/h5,7,10-11,13-14H,3-4,6,8-9H2,1-2H3/b7-5+/t10-,11+/m0/s1. The fraction of sp³-hybridized carbons (Fsp3) is 0.750. The maximum atomic E-state index is 11.0. The minimum absolute atomic E-state index is 0.00815. The van der Waals surface area contributed by atoms with Crippen LogP contribution in [0, 0.1) is 5.92 Å². The van der Waals surface area contributed by atoms with E-state index in [1.807, 2.05) is 6.92 Å². The zero-order valence-electron chi connectivity index (χ0n) is 10.1. The number of ether oxygens (including phenoxy) is 1. The van der Waals surface area contributed by atoms with E-state index < -0.39 is 6.10 Å². The van der Waals surface area contributed by atoms with E-state index >= 15 is 0 Å². The third-order valence-electron chi connectivity index (χ3n) is 2.26. The quantitative estimate of drug-likeness (QED) is 0.486. The van der Waals surface area contributed by atoms with Crippen molar-refractivity contribution in [2.24, 2.45) is 5.92 Å². The summed E-state index contributed by atoms with van der Waals surface area (Å²) in [6, 6.07) is 0. The second-order valence-corrected chi connectivity index (χ2v) is 3.83. The van der Waals surface area contributed by atoms with Crippen LogP contribution in [-0.4, -0.2) is 35.5 Å². The summed E-state index contributed by atoms with van der Waals surface area (Å²) in [5.41, 5.74) is 0. The molecule has 0 heterocycles. The van der Waals surface area contributed by atoms with Crippen molar-refractivity contribution in [3.8, 4) is 0 Å². The van der Waals surface area contributed by atoms with E-state index in [9.17, 15) is 9.90 Å². The van der Waals surface area contributed by atoms with Crippen LogP contribution >= 0.6 is 0 Å². The van der Waals surface area contributed by atoms with Gasteiger partial charge in [-0.3, -0.25) is 0 Å². The first-order valence-electron chi connectivity index (χ1n) is 5.74. The van der Waals surface area contributed by atoms with Crippen molar-refractivity contribution in [1.82, 2.24) is 0 Å². The van der Waals surface area contributed by atoms with Crippen LogP contribution in [0.1, 0.15) is 33.1 Å². The van der Waals surface area contributed by atoms with Gasteiger partial charge >= 0.3 is 5.97 Å². The normalized spacial score (nSPS) is 15.0. The molecule has 2 atom stereocenters. The van der Waals surface area contributed by atoms with E-state index in [1.165, 1.54) is 6.08 Å². The predicted molar refractivity (Wildman–Crippen MR) is 61.9 cm³/mol. The topological polar surface area (TPSA) is 66.8 Å². The summed E-state index contributed by atoms with van der Waals surface area (Å²) in [4.78, 5) is 11.0. The first kappa shape index (κ1) is 15.1. The Hall–Kier alpha value is -0.870. The summed E-state index contributed by atoms with van der Waals surface area (Å²) in [7, 11) is 0. The van der Waals surface area contributed by atoms with Crippen LogP contribution in [0.3, 0.4) is 0 Å². The van der Waals surface area contributed by atoms with Gasteiger partial charge in [-0.1, -0.05) is 13.0 Å². The number of hydrogen-bond acceptors (Lipinski definition) is 4. The van der Waals surface area contributed by atoms with Gasteiger partial charge in [0.05, 0.1) is 12.7 Å². The molecule has 0 saturated heterocycles. The summed E-state index contributed by atoms with van der Waals surface area (Å²) in [5, 5.41) is 18.0. The lowest BCUT2D eigenvalue weighted by atomic mass is 10.0. The molecule has 0 aliphatic rings. The smallest absolute Gasteiger partial charge is 0.330 e. The lowest BCUT2D eigenvalue weighted by molar-refractivity contribution is -0.137. The van der Waals surface area contributed by atoms with Gasteiger partial charge in [0.25, 0.3) is 0 Å². The third kappa shape index (κ3) is 8.44. The van der Waals surface area contributed by atoms with E-state index in [4.69, 9.17) is 9.84 Å². The molecule has 16 heavy (non-hydrogen) atoms. The van der Waals surface area contributed by atoms with Gasteiger partial charge in [-0.15, -0.1) is 0 Å². The van der Waals surface area contributed by atoms with Crippen molar-refractivity contribution >= 4 is 5.97 Å². The van der Waals surface area contributed by atoms with Gasteiger partial charge in [-0.2, -0.15) is 0 Å². The molecule has 0 aliphatic heterocycles. The molecule has 0 saturated carbocycles. The SMILES string of the molecule is CCOC(=O)/C=C/[C@@H](C)CC[C@@H](O)CCO. The number of aliphatic hydroxyl groups is 2. The van der Waals surface area contributed by atoms with Crippen LogP contribution in [0.4, 0.5) is 0 Å². The minimum atomic E-state index is -0.455. The lowest BCUT2D eigenvalue weighted by Gasteiger charge is -2.10. The average Bonchev–Trinajstić information content (AvgIpc) is 2.24. The van der Waals surface area contributed by atoms with Gasteiger partial charge < -0.3 is 14.9 Å². The van der Waals surface area contributed by atoms with Gasteiger partial charge in [0.2, 0.25) is 0 Å². The fourth-order valence-corrected chi connectivity index (χ4v) is 1.28. The number of rotatable bonds is 8. The van der Waals surface area contributed by atoms with Crippen LogP contribution in [0.15, 0.2) is 12.2 Å². The Morgan fingerprint density at radius 3 is 2.62 bits per heavy atom. The van der Waals surface area contributed by atoms with Gasteiger partial charge in [-0.25, -0.2) is 4.79 Å². The Morgan fingerprint density at radius 1 is 1.38 bits per heavy atom. The first-order valence-corrected chi connectivity index (χ1v) is 5.74. The second-order valence-electron chi connectivity index (χ2n) is 3.83. The zero-order valence-corrected chi connectivity index (χ0v) is 10.1. The fourth-order valence-electron chi connectivity index (χ4n) is 1.28. The van der Waals surface area contributed by atoms with E-state index in [1.54, 1.807) is 13.0 Å². The van der Waals surface area contributed by atoms with Gasteiger partial charge in [0.1, 0.15) is 0 Å². The van der Waals surface area contributed by atoms with Crippen molar-refractivity contribution < 1.29 is 19.7 Å². The molecule has 0 aromatic carbocycles. The number of hydrogen-bond donors (Lipinski definition) is 2. The summed E-state index contributed by atoms with van der Waals surface area (Å²) < 4.78 is 4.75. The molecule has 0 amide bonds. The molecule has 0 spiro atoms. The molecular weight excluding hydrogens is 208 g/mol. The molecule has 94 valence electrons. The van der Waals surface area contributed by atoms with E-state index in [-0.39, 0.29) is 18.5 Å². The molecule has 0 bridgehead atoms. The summed E-state index contributed by atoms with van der Waals surface area (Å²) in [6.07, 6.45) is 4.58. The number of aliphatic hydroxyl groups excluding tert-OH is 2. The molecule has 0 radical (unpaired) electrons. The maximum absolute atomic E-state index is 11.0. The monoisotopic (exact) mass is 230 g/mol. The van der Waals surface area contributed by atoms with Crippen molar-refractivity contribution in [2.75, 3.05) is 13.2 Å². The first-order chi connectivity index (χ1) is 7.60.